The Morgan fingerprint density at radius 1 is 0.867 bits per heavy atom. The zero-order chi connectivity index (χ0) is 22.5. The Labute approximate surface area is 177 Å². The number of nitrogens with one attached hydrogen (secondary N) is 1. The van der Waals surface area contributed by atoms with Crippen LogP contribution in [0.25, 0.3) is 0 Å². The zero-order valence-corrected chi connectivity index (χ0v) is 18.8. The van der Waals surface area contributed by atoms with Gasteiger partial charge in [-0.25, -0.2) is 25.4 Å². The van der Waals surface area contributed by atoms with Crippen molar-refractivity contribution in [1.29, 1.82) is 0 Å². The van der Waals surface area contributed by atoms with Crippen molar-refractivity contribution < 1.29 is 26.4 Å². The van der Waals surface area contributed by atoms with Crippen LogP contribution in [0.4, 0.5) is 0 Å². The minimum Gasteiger partial charge on any atom is -0.492 e. The fourth-order valence-corrected chi connectivity index (χ4v) is 4.21. The van der Waals surface area contributed by atoms with Gasteiger partial charge in [-0.3, -0.25) is 4.79 Å². The highest BCUT2D eigenvalue weighted by Crippen LogP contribution is 2.18. The van der Waals surface area contributed by atoms with Crippen LogP contribution in [0.5, 0.6) is 5.75 Å². The summed E-state index contributed by atoms with van der Waals surface area (Å²) < 4.78 is 56.1. The fraction of sp³-hybridized carbons (Fsp3) is 0.316. The average Bonchev–Trinajstić information content (AvgIpc) is 2.71. The fourth-order valence-electron chi connectivity index (χ4n) is 2.36. The first-order valence-electron chi connectivity index (χ1n) is 8.92. The molecule has 2 rings (SSSR count). The van der Waals surface area contributed by atoms with E-state index in [0.29, 0.717) is 5.75 Å². The Morgan fingerprint density at radius 2 is 1.43 bits per heavy atom. The van der Waals surface area contributed by atoms with Crippen LogP contribution < -0.4 is 10.1 Å². The quantitative estimate of drug-likeness (QED) is 0.565. The van der Waals surface area contributed by atoms with Gasteiger partial charge in [0, 0.05) is 33.8 Å². The molecule has 11 heteroatoms. The van der Waals surface area contributed by atoms with E-state index >= 15 is 0 Å². The van der Waals surface area contributed by atoms with E-state index in [1.54, 1.807) is 0 Å². The second kappa shape index (κ2) is 9.56. The van der Waals surface area contributed by atoms with Gasteiger partial charge in [0.1, 0.15) is 12.4 Å². The van der Waals surface area contributed by atoms with Gasteiger partial charge in [-0.05, 0) is 42.5 Å². The maximum absolute atomic E-state index is 12.3. The van der Waals surface area contributed by atoms with Gasteiger partial charge in [0.05, 0.1) is 16.3 Å². The highest BCUT2D eigenvalue weighted by atomic mass is 32.2. The van der Waals surface area contributed by atoms with Gasteiger partial charge in [0.2, 0.25) is 20.0 Å². The molecule has 2 aromatic carbocycles. The molecule has 30 heavy (non-hydrogen) atoms. The summed E-state index contributed by atoms with van der Waals surface area (Å²) in [6, 6.07) is 11.7. The number of hydrogen-bond acceptors (Lipinski definition) is 6. The number of nitrogens with zero attached hydrogens (tertiary/aromatic N) is 2. The molecule has 0 saturated carbocycles. The molecule has 164 valence electrons. The van der Waals surface area contributed by atoms with Gasteiger partial charge < -0.3 is 10.1 Å². The summed E-state index contributed by atoms with van der Waals surface area (Å²) in [5, 5.41) is 2.65. The molecule has 0 saturated heterocycles. The molecule has 0 aliphatic rings. The van der Waals surface area contributed by atoms with E-state index in [2.05, 4.69) is 5.32 Å². The number of amides is 1. The van der Waals surface area contributed by atoms with Crippen molar-refractivity contribution in [2.75, 3.05) is 41.3 Å². The maximum atomic E-state index is 12.3. The molecular weight excluding hydrogens is 430 g/mol. The lowest BCUT2D eigenvalue weighted by molar-refractivity contribution is 0.0946. The predicted molar refractivity (Wildman–Crippen MR) is 112 cm³/mol. The topological polar surface area (TPSA) is 113 Å². The standard InChI is InChI=1S/C19H25N3O6S2/c1-21(2)29(24,25)17-10-8-16(9-11-17)28-13-12-20-19(23)15-6-5-7-18(14-15)30(26,27)22(3)4/h5-11,14H,12-13H2,1-4H3,(H,20,23). The van der Waals surface area contributed by atoms with Crippen molar-refractivity contribution in [3.05, 3.63) is 54.1 Å². The lowest BCUT2D eigenvalue weighted by atomic mass is 10.2. The van der Waals surface area contributed by atoms with Gasteiger partial charge in [0.25, 0.3) is 5.91 Å². The minimum atomic E-state index is -3.63. The van der Waals surface area contributed by atoms with E-state index < -0.39 is 26.0 Å². The first-order chi connectivity index (χ1) is 14.0. The highest BCUT2D eigenvalue weighted by Gasteiger charge is 2.19. The molecule has 0 unspecified atom stereocenters. The van der Waals surface area contributed by atoms with E-state index in [-0.39, 0.29) is 28.5 Å². The number of sulfonamides is 2. The van der Waals surface area contributed by atoms with E-state index in [1.165, 1.54) is 76.7 Å². The average molecular weight is 456 g/mol. The van der Waals surface area contributed by atoms with Crippen LogP contribution in [0.1, 0.15) is 10.4 Å². The maximum Gasteiger partial charge on any atom is 0.251 e. The zero-order valence-electron chi connectivity index (χ0n) is 17.2. The Morgan fingerprint density at radius 3 is 2.00 bits per heavy atom. The summed E-state index contributed by atoms with van der Waals surface area (Å²) >= 11 is 0. The summed E-state index contributed by atoms with van der Waals surface area (Å²) in [4.78, 5) is 12.5. The second-order valence-corrected chi connectivity index (χ2v) is 11.0. The Balaban J connectivity index is 1.92. The van der Waals surface area contributed by atoms with Crippen LogP contribution in [0.3, 0.4) is 0 Å². The number of ether oxygens (including phenoxy) is 1. The summed E-state index contributed by atoms with van der Waals surface area (Å²) in [6.07, 6.45) is 0. The molecule has 0 aromatic heterocycles. The van der Waals surface area contributed by atoms with Gasteiger partial charge >= 0.3 is 0 Å². The monoisotopic (exact) mass is 455 g/mol. The third-order valence-electron chi connectivity index (χ3n) is 4.13. The molecule has 0 radical (unpaired) electrons. The van der Waals surface area contributed by atoms with Crippen LogP contribution in [0.2, 0.25) is 0 Å². The van der Waals surface area contributed by atoms with Crippen LogP contribution >= 0.6 is 0 Å². The van der Waals surface area contributed by atoms with Crippen molar-refractivity contribution in [3.63, 3.8) is 0 Å². The van der Waals surface area contributed by atoms with Crippen molar-refractivity contribution in [1.82, 2.24) is 13.9 Å². The van der Waals surface area contributed by atoms with Crippen LogP contribution in [-0.2, 0) is 20.0 Å². The normalized spacial score (nSPS) is 12.2. The van der Waals surface area contributed by atoms with Crippen molar-refractivity contribution in [3.8, 4) is 5.75 Å². The molecule has 1 amide bonds. The lowest BCUT2D eigenvalue weighted by Gasteiger charge is -2.13. The Kier molecular flexibility index (Phi) is 7.59. The number of rotatable bonds is 9. The number of hydrogen-bond donors (Lipinski definition) is 1. The largest absolute Gasteiger partial charge is 0.492 e. The van der Waals surface area contributed by atoms with Crippen LogP contribution in [-0.4, -0.2) is 72.7 Å². The predicted octanol–water partition coefficient (Wildman–Crippen LogP) is 0.996. The van der Waals surface area contributed by atoms with Crippen molar-refractivity contribution in [2.24, 2.45) is 0 Å². The third-order valence-corrected chi connectivity index (χ3v) is 7.77. The van der Waals surface area contributed by atoms with Gasteiger partial charge in [0.15, 0.2) is 0 Å². The molecule has 0 atom stereocenters. The highest BCUT2D eigenvalue weighted by molar-refractivity contribution is 7.89. The molecule has 9 nitrogen and oxygen atoms in total. The van der Waals surface area contributed by atoms with E-state index in [1.807, 2.05) is 0 Å². The molecule has 0 fully saturated rings. The summed E-state index contributed by atoms with van der Waals surface area (Å²) in [7, 11) is -1.39. The van der Waals surface area contributed by atoms with Crippen LogP contribution in [0, 0.1) is 0 Å². The minimum absolute atomic E-state index is 0.0316. The van der Waals surface area contributed by atoms with Crippen molar-refractivity contribution >= 4 is 26.0 Å². The SMILES string of the molecule is CN(C)S(=O)(=O)c1ccc(OCCNC(=O)c2cccc(S(=O)(=O)N(C)C)c2)cc1. The molecule has 0 aliphatic carbocycles. The van der Waals surface area contributed by atoms with Crippen LogP contribution in [0.15, 0.2) is 58.3 Å². The van der Waals surface area contributed by atoms with E-state index in [4.69, 9.17) is 4.74 Å². The smallest absolute Gasteiger partial charge is 0.251 e. The lowest BCUT2D eigenvalue weighted by Crippen LogP contribution is -2.28. The molecule has 2 aromatic rings. The molecule has 0 heterocycles. The third kappa shape index (κ3) is 5.57. The van der Waals surface area contributed by atoms with E-state index in [0.717, 1.165) is 8.61 Å². The van der Waals surface area contributed by atoms with Gasteiger partial charge in [-0.15, -0.1) is 0 Å². The summed E-state index contributed by atoms with van der Waals surface area (Å²) in [6.45, 7) is 0.336. The Hall–Kier alpha value is -2.47. The van der Waals surface area contributed by atoms with Crippen molar-refractivity contribution in [2.45, 2.75) is 9.79 Å². The number of benzene rings is 2. The summed E-state index contributed by atoms with van der Waals surface area (Å²) in [5.41, 5.74) is 0.219. The van der Waals surface area contributed by atoms with Gasteiger partial charge in [-0.1, -0.05) is 6.07 Å². The van der Waals surface area contributed by atoms with Gasteiger partial charge in [-0.2, -0.15) is 0 Å². The molecule has 0 spiro atoms. The number of carbonyl (C=O) groups is 1. The first kappa shape index (κ1) is 23.8. The Bertz CT molecular complexity index is 1100. The van der Waals surface area contributed by atoms with E-state index in [9.17, 15) is 21.6 Å². The first-order valence-corrected chi connectivity index (χ1v) is 11.8. The molecule has 1 N–H and O–H groups in total. The molecule has 0 aliphatic heterocycles. The molecular formula is C19H25N3O6S2. The molecule has 0 bridgehead atoms. The second-order valence-electron chi connectivity index (χ2n) is 6.68. The number of carbonyl (C=O) groups excluding carboxylic acids is 1. The summed E-state index contributed by atoms with van der Waals surface area (Å²) in [5.74, 6) is 0.0304.